The minimum atomic E-state index is -1.20. The summed E-state index contributed by atoms with van der Waals surface area (Å²) < 4.78 is 10.6. The molecule has 3 rings (SSSR count). The largest absolute Gasteiger partial charge is 0.497 e. The van der Waals surface area contributed by atoms with Crippen LogP contribution in [-0.4, -0.2) is 48.5 Å². The van der Waals surface area contributed by atoms with Crippen LogP contribution in [0, 0.1) is 0 Å². The van der Waals surface area contributed by atoms with Crippen LogP contribution in [0.15, 0.2) is 71.3 Å². The fourth-order valence-corrected chi connectivity index (χ4v) is 3.66. The summed E-state index contributed by atoms with van der Waals surface area (Å²) in [6, 6.07) is 14.1. The number of nitrogens with zero attached hydrogens (tertiary/aromatic N) is 2. The summed E-state index contributed by atoms with van der Waals surface area (Å²) >= 11 is 0. The molecule has 0 radical (unpaired) electrons. The van der Waals surface area contributed by atoms with Crippen molar-refractivity contribution in [3.63, 3.8) is 0 Å². The summed E-state index contributed by atoms with van der Waals surface area (Å²) in [7, 11) is 1.55. The third-order valence-corrected chi connectivity index (χ3v) is 5.53. The molecule has 2 aromatic carbocycles. The number of urea groups is 1. The summed E-state index contributed by atoms with van der Waals surface area (Å²) in [4.78, 5) is 39.8. The van der Waals surface area contributed by atoms with E-state index in [4.69, 9.17) is 20.9 Å². The molecule has 0 bridgehead atoms. The molecule has 0 saturated carbocycles. The molecule has 1 saturated heterocycles. The molecular weight excluding hydrogens is 464 g/mol. The van der Waals surface area contributed by atoms with Crippen LogP contribution in [0.3, 0.4) is 0 Å². The lowest BCUT2D eigenvalue weighted by atomic mass is 9.94. The van der Waals surface area contributed by atoms with Crippen LogP contribution in [0.4, 0.5) is 4.79 Å². The number of methoxy groups -OCH3 is 1. The number of hydrazone groups is 1. The Morgan fingerprint density at radius 1 is 1.14 bits per heavy atom. The molecule has 36 heavy (non-hydrogen) atoms. The Morgan fingerprint density at radius 2 is 1.83 bits per heavy atom. The van der Waals surface area contributed by atoms with Crippen molar-refractivity contribution in [3.8, 4) is 5.75 Å². The highest BCUT2D eigenvalue weighted by atomic mass is 16.5. The molecule has 11 nitrogen and oxygen atoms in total. The molecule has 0 aliphatic carbocycles. The number of likely N-dealkylation sites (tertiary alicyclic amines) is 1. The van der Waals surface area contributed by atoms with Gasteiger partial charge in [-0.05, 0) is 29.7 Å². The van der Waals surface area contributed by atoms with E-state index < -0.39 is 23.9 Å². The van der Waals surface area contributed by atoms with Gasteiger partial charge in [0.25, 0.3) is 5.91 Å². The van der Waals surface area contributed by atoms with Gasteiger partial charge in [-0.15, -0.1) is 5.10 Å². The van der Waals surface area contributed by atoms with E-state index in [1.165, 1.54) is 6.08 Å². The maximum Gasteiger partial charge on any atom is 0.334 e. The van der Waals surface area contributed by atoms with Crippen molar-refractivity contribution in [2.75, 3.05) is 13.7 Å². The first-order chi connectivity index (χ1) is 17.3. The number of nitrogens with one attached hydrogen (secondary N) is 2. The van der Waals surface area contributed by atoms with Gasteiger partial charge in [-0.25, -0.2) is 14.5 Å². The molecule has 1 aliphatic rings. The van der Waals surface area contributed by atoms with Crippen molar-refractivity contribution in [3.05, 3.63) is 77.4 Å². The second kappa shape index (κ2) is 12.2. The molecule has 2 aromatic rings. The first-order valence-corrected chi connectivity index (χ1v) is 11.4. The van der Waals surface area contributed by atoms with Crippen LogP contribution < -0.4 is 26.9 Å². The molecule has 0 aromatic heterocycles. The first kappa shape index (κ1) is 26.1. The molecule has 1 fully saturated rings. The average molecular weight is 495 g/mol. The highest BCUT2D eigenvalue weighted by Crippen LogP contribution is 2.29. The van der Waals surface area contributed by atoms with Crippen LogP contribution >= 0.6 is 0 Å². The molecule has 190 valence electrons. The van der Waals surface area contributed by atoms with E-state index in [1.807, 2.05) is 37.3 Å². The zero-order chi connectivity index (χ0) is 26.1. The maximum absolute atomic E-state index is 13.1. The first-order valence-electron chi connectivity index (χ1n) is 11.4. The van der Waals surface area contributed by atoms with Crippen molar-refractivity contribution in [1.29, 1.82) is 0 Å². The summed E-state index contributed by atoms with van der Waals surface area (Å²) in [6.07, 6.45) is 2.04. The molecule has 11 heteroatoms. The number of amides is 3. The Kier molecular flexibility index (Phi) is 8.87. The number of rotatable bonds is 10. The SMILES string of the molecule is CC[C@@H](NC(=O)N1C(=O)C(=CCNN=C(N)N)[C@H]1C(=O)OCc1ccc(OC)cc1)c1ccccc1. The standard InChI is InChI=1S/C25H30N6O5/c1-3-20(17-7-5-4-6-8-17)29-25(34)31-21(19(22(31)32)13-14-28-30-24(26)27)23(33)36-15-16-9-11-18(35-2)12-10-16/h4-13,20-21,28H,3,14-15H2,1-2H3,(H,29,34)(H4,26,27,30)/t20-,21+/m1/s1. The van der Waals surface area contributed by atoms with Crippen LogP contribution in [0.1, 0.15) is 30.5 Å². The summed E-state index contributed by atoms with van der Waals surface area (Å²) in [6.45, 7) is 1.94. The number of esters is 1. The van der Waals surface area contributed by atoms with E-state index >= 15 is 0 Å². The Bertz CT molecular complexity index is 1130. The van der Waals surface area contributed by atoms with Crippen LogP contribution in [0.25, 0.3) is 0 Å². The summed E-state index contributed by atoms with van der Waals surface area (Å²) in [5, 5.41) is 6.46. The van der Waals surface area contributed by atoms with Crippen molar-refractivity contribution < 1.29 is 23.9 Å². The number of carbonyl (C=O) groups excluding carboxylic acids is 3. The highest BCUT2D eigenvalue weighted by Gasteiger charge is 2.51. The molecule has 2 atom stereocenters. The fourth-order valence-electron chi connectivity index (χ4n) is 3.66. The normalized spacial score (nSPS) is 16.5. The lowest BCUT2D eigenvalue weighted by Gasteiger charge is -2.39. The van der Waals surface area contributed by atoms with E-state index in [1.54, 1.807) is 31.4 Å². The van der Waals surface area contributed by atoms with Crippen LogP contribution in [-0.2, 0) is 20.9 Å². The van der Waals surface area contributed by atoms with Gasteiger partial charge in [0.15, 0.2) is 6.04 Å². The van der Waals surface area contributed by atoms with Crippen LogP contribution in [0.2, 0.25) is 0 Å². The van der Waals surface area contributed by atoms with Crippen LogP contribution in [0.5, 0.6) is 5.75 Å². The smallest absolute Gasteiger partial charge is 0.334 e. The quantitative estimate of drug-likeness (QED) is 0.0735. The molecular formula is C25H30N6O5. The van der Waals surface area contributed by atoms with E-state index in [-0.39, 0.29) is 30.7 Å². The second-order valence-electron chi connectivity index (χ2n) is 7.91. The predicted molar refractivity (Wildman–Crippen MR) is 133 cm³/mol. The highest BCUT2D eigenvalue weighted by molar-refractivity contribution is 6.17. The summed E-state index contributed by atoms with van der Waals surface area (Å²) in [5.41, 5.74) is 14.8. The van der Waals surface area contributed by atoms with Crippen molar-refractivity contribution in [2.45, 2.75) is 32.0 Å². The number of ether oxygens (including phenoxy) is 2. The monoisotopic (exact) mass is 494 g/mol. The third-order valence-electron chi connectivity index (χ3n) is 5.53. The number of guanidine groups is 1. The zero-order valence-corrected chi connectivity index (χ0v) is 20.1. The zero-order valence-electron chi connectivity index (χ0n) is 20.1. The number of benzene rings is 2. The van der Waals surface area contributed by atoms with Crippen molar-refractivity contribution in [2.24, 2.45) is 16.6 Å². The Hall–Kier alpha value is -4.54. The number of carbonyl (C=O) groups is 3. The van der Waals surface area contributed by atoms with Crippen molar-refractivity contribution in [1.82, 2.24) is 15.6 Å². The van der Waals surface area contributed by atoms with Gasteiger partial charge in [-0.2, -0.15) is 0 Å². The number of hydrogen-bond donors (Lipinski definition) is 4. The molecule has 3 amide bonds. The fraction of sp³-hybridized carbons (Fsp3) is 0.280. The number of nitrogens with two attached hydrogens (primary N) is 2. The Balaban J connectivity index is 1.75. The molecule has 1 heterocycles. The van der Waals surface area contributed by atoms with Gasteiger partial charge in [0.2, 0.25) is 5.96 Å². The minimum absolute atomic E-state index is 0.0376. The third kappa shape index (κ3) is 6.32. The number of β-lactam (4-membered cyclic amide) rings is 1. The van der Waals surface area contributed by atoms with Gasteiger partial charge in [0.1, 0.15) is 12.4 Å². The van der Waals surface area contributed by atoms with E-state index in [9.17, 15) is 14.4 Å². The number of imide groups is 1. The van der Waals surface area contributed by atoms with Gasteiger partial charge in [-0.3, -0.25) is 4.79 Å². The predicted octanol–water partition coefficient (Wildman–Crippen LogP) is 1.51. The molecule has 0 spiro atoms. The topological polar surface area (TPSA) is 161 Å². The molecule has 0 unspecified atom stereocenters. The van der Waals surface area contributed by atoms with Crippen molar-refractivity contribution >= 4 is 23.9 Å². The van der Waals surface area contributed by atoms with Gasteiger partial charge in [0.05, 0.1) is 19.7 Å². The lowest BCUT2D eigenvalue weighted by Crippen LogP contribution is -2.64. The average Bonchev–Trinajstić information content (AvgIpc) is 2.89. The maximum atomic E-state index is 13.1. The Morgan fingerprint density at radius 3 is 2.44 bits per heavy atom. The van der Waals surface area contributed by atoms with Gasteiger partial charge >= 0.3 is 12.0 Å². The van der Waals surface area contributed by atoms with Gasteiger partial charge in [-0.1, -0.05) is 55.5 Å². The second-order valence-corrected chi connectivity index (χ2v) is 7.91. The minimum Gasteiger partial charge on any atom is -0.497 e. The van der Waals surface area contributed by atoms with E-state index in [0.29, 0.717) is 12.2 Å². The van der Waals surface area contributed by atoms with E-state index in [2.05, 4.69) is 15.8 Å². The van der Waals surface area contributed by atoms with E-state index in [0.717, 1.165) is 16.0 Å². The Labute approximate surface area is 209 Å². The number of hydrogen-bond acceptors (Lipinski definition) is 7. The van der Waals surface area contributed by atoms with Gasteiger partial charge < -0.3 is 31.7 Å². The van der Waals surface area contributed by atoms with Gasteiger partial charge in [0, 0.05) is 5.57 Å². The molecule has 6 N–H and O–H groups in total. The summed E-state index contributed by atoms with van der Waals surface area (Å²) in [5.74, 6) is -0.856. The molecule has 1 aliphatic heterocycles. The lowest BCUT2D eigenvalue weighted by molar-refractivity contribution is -0.157.